The highest BCUT2D eigenvalue weighted by atomic mass is 28.3. The number of halogens is 5. The van der Waals surface area contributed by atoms with Gasteiger partial charge in [-0.15, -0.1) is 0 Å². The van der Waals surface area contributed by atoms with Crippen LogP contribution in [0.15, 0.2) is 24.2 Å². The van der Waals surface area contributed by atoms with Crippen LogP contribution in [0.2, 0.25) is 18.1 Å². The lowest BCUT2D eigenvalue weighted by Crippen LogP contribution is -2.28. The van der Waals surface area contributed by atoms with Gasteiger partial charge < -0.3 is 4.74 Å². The maximum Gasteiger partial charge on any atom is 0.344 e. The fourth-order valence-corrected chi connectivity index (χ4v) is 9.86. The summed E-state index contributed by atoms with van der Waals surface area (Å²) in [7, 11) is -0.431. The first kappa shape index (κ1) is 28.2. The molecular formula is C28H41F5OSi. The second-order valence-corrected chi connectivity index (χ2v) is 14.3. The Hall–Kier alpha value is -1.37. The number of hydrogen-bond donors (Lipinski definition) is 0. The highest BCUT2D eigenvalue weighted by Gasteiger charge is 2.31. The lowest BCUT2D eigenvalue weighted by Gasteiger charge is -2.37. The van der Waals surface area contributed by atoms with E-state index in [-0.39, 0.29) is 0 Å². The van der Waals surface area contributed by atoms with Gasteiger partial charge in [0.1, 0.15) is 0 Å². The van der Waals surface area contributed by atoms with E-state index in [1.807, 2.05) is 0 Å². The molecule has 1 aromatic rings. The molecule has 0 amide bonds. The van der Waals surface area contributed by atoms with Crippen molar-refractivity contribution < 1.29 is 26.7 Å². The molecule has 1 heterocycles. The molecule has 0 N–H and O–H groups in total. The topological polar surface area (TPSA) is 9.23 Å². The summed E-state index contributed by atoms with van der Waals surface area (Å²) in [6, 6.07) is 4.49. The quantitative estimate of drug-likeness (QED) is 0.116. The summed E-state index contributed by atoms with van der Waals surface area (Å²) in [6.07, 6.45) is 13.2. The van der Waals surface area contributed by atoms with Crippen molar-refractivity contribution >= 4 is 8.80 Å². The molecule has 0 unspecified atom stereocenters. The Morgan fingerprint density at radius 2 is 1.49 bits per heavy atom. The first-order valence-corrected chi connectivity index (χ1v) is 16.2. The predicted octanol–water partition coefficient (Wildman–Crippen LogP) is 9.73. The Morgan fingerprint density at radius 1 is 0.857 bits per heavy atom. The molecule has 0 atom stereocenters. The van der Waals surface area contributed by atoms with Crippen LogP contribution in [0.5, 0.6) is 5.75 Å². The van der Waals surface area contributed by atoms with E-state index in [1.54, 1.807) is 18.1 Å². The van der Waals surface area contributed by atoms with E-state index < -0.39 is 38.3 Å². The van der Waals surface area contributed by atoms with Gasteiger partial charge >= 0.3 is 12.1 Å². The number of unbranched alkanes of at least 4 members (excludes halogenated alkanes) is 3. The molecule has 1 saturated heterocycles. The standard InChI is InChI=1S/C28H41F5OSi/c1-2-3-6-15-35-16-13-23(14-17-35)22-11-9-20(10-12-22)7-4-5-8-21-18-24(29)26(25(30)19-21)34-28(33)27(31)32/h18-20,22-23,35H,2-17H2,1H3. The zero-order valence-electron chi connectivity index (χ0n) is 21.1. The van der Waals surface area contributed by atoms with Crippen molar-refractivity contribution in [2.75, 3.05) is 0 Å². The van der Waals surface area contributed by atoms with Crippen molar-refractivity contribution in [3.05, 3.63) is 41.4 Å². The van der Waals surface area contributed by atoms with E-state index in [2.05, 4.69) is 11.7 Å². The molecule has 1 aromatic carbocycles. The Labute approximate surface area is 209 Å². The van der Waals surface area contributed by atoms with Crippen LogP contribution in [0.25, 0.3) is 0 Å². The second-order valence-electron chi connectivity index (χ2n) is 10.8. The lowest BCUT2D eigenvalue weighted by atomic mass is 9.73. The zero-order chi connectivity index (χ0) is 25.2. The maximum absolute atomic E-state index is 14.0. The summed E-state index contributed by atoms with van der Waals surface area (Å²) in [6.45, 7) is 2.29. The van der Waals surface area contributed by atoms with Gasteiger partial charge in [-0.1, -0.05) is 82.8 Å². The molecule has 2 aliphatic rings. The lowest BCUT2D eigenvalue weighted by molar-refractivity contribution is 0.184. The molecule has 35 heavy (non-hydrogen) atoms. The molecule has 0 bridgehead atoms. The summed E-state index contributed by atoms with van der Waals surface area (Å²) in [5.74, 6) is -0.842. The first-order valence-electron chi connectivity index (χ1n) is 13.7. The van der Waals surface area contributed by atoms with Gasteiger partial charge in [-0.3, -0.25) is 0 Å². The third-order valence-electron chi connectivity index (χ3n) is 8.39. The third kappa shape index (κ3) is 8.90. The maximum atomic E-state index is 14.0. The number of hydrogen-bond acceptors (Lipinski definition) is 1. The van der Waals surface area contributed by atoms with Crippen LogP contribution in [-0.2, 0) is 6.42 Å². The van der Waals surface area contributed by atoms with Crippen molar-refractivity contribution in [1.82, 2.24) is 0 Å². The summed E-state index contributed by atoms with van der Waals surface area (Å²) in [5.41, 5.74) is 0.426. The van der Waals surface area contributed by atoms with Crippen LogP contribution < -0.4 is 4.74 Å². The molecule has 0 radical (unpaired) electrons. The van der Waals surface area contributed by atoms with Crippen LogP contribution in [0.3, 0.4) is 0 Å². The molecule has 1 nitrogen and oxygen atoms in total. The molecule has 1 saturated carbocycles. The molecule has 3 rings (SSSR count). The highest BCUT2D eigenvalue weighted by molar-refractivity contribution is 6.58. The van der Waals surface area contributed by atoms with Crippen LogP contribution in [-0.4, -0.2) is 8.80 Å². The number of ether oxygens (including phenoxy) is 1. The number of benzene rings is 1. The van der Waals surface area contributed by atoms with E-state index in [9.17, 15) is 22.0 Å². The smallest absolute Gasteiger partial charge is 0.344 e. The van der Waals surface area contributed by atoms with E-state index >= 15 is 0 Å². The number of rotatable bonds is 12. The summed E-state index contributed by atoms with van der Waals surface area (Å²) in [4.78, 5) is 0. The van der Waals surface area contributed by atoms with Gasteiger partial charge in [0.05, 0.1) is 0 Å². The normalized spacial score (nSPS) is 24.9. The molecule has 0 aromatic heterocycles. The molecule has 2 fully saturated rings. The van der Waals surface area contributed by atoms with Crippen molar-refractivity contribution in [3.63, 3.8) is 0 Å². The van der Waals surface area contributed by atoms with Crippen molar-refractivity contribution in [2.45, 2.75) is 109 Å². The van der Waals surface area contributed by atoms with Crippen molar-refractivity contribution in [2.24, 2.45) is 17.8 Å². The van der Waals surface area contributed by atoms with Crippen molar-refractivity contribution in [3.8, 4) is 5.75 Å². The van der Waals surface area contributed by atoms with Gasteiger partial charge in [0.2, 0.25) is 5.75 Å². The van der Waals surface area contributed by atoms with E-state index in [4.69, 9.17) is 0 Å². The monoisotopic (exact) mass is 516 g/mol. The molecule has 198 valence electrons. The zero-order valence-corrected chi connectivity index (χ0v) is 22.2. The van der Waals surface area contributed by atoms with Gasteiger partial charge in [0, 0.05) is 8.80 Å². The van der Waals surface area contributed by atoms with Gasteiger partial charge in [-0.25, -0.2) is 8.78 Å². The van der Waals surface area contributed by atoms with Crippen LogP contribution in [0.4, 0.5) is 22.0 Å². The van der Waals surface area contributed by atoms with Crippen LogP contribution in [0, 0.1) is 29.4 Å². The molecule has 1 aliphatic carbocycles. The summed E-state index contributed by atoms with van der Waals surface area (Å²) < 4.78 is 69.2. The van der Waals surface area contributed by atoms with Crippen LogP contribution >= 0.6 is 0 Å². The minimum Gasteiger partial charge on any atom is -0.422 e. The minimum absolute atomic E-state index is 0.426. The molecule has 0 spiro atoms. The first-order chi connectivity index (χ1) is 16.9. The fourth-order valence-electron chi connectivity index (χ4n) is 6.32. The fraction of sp³-hybridized carbons (Fsp3) is 0.714. The largest absolute Gasteiger partial charge is 0.422 e. The Morgan fingerprint density at radius 3 is 2.09 bits per heavy atom. The Kier molecular flexibility index (Phi) is 11.6. The van der Waals surface area contributed by atoms with Gasteiger partial charge in [-0.05, 0) is 61.1 Å². The highest BCUT2D eigenvalue weighted by Crippen LogP contribution is 2.42. The molecule has 1 aliphatic heterocycles. The molecule has 7 heteroatoms. The van der Waals surface area contributed by atoms with Crippen molar-refractivity contribution in [1.29, 1.82) is 0 Å². The predicted molar refractivity (Wildman–Crippen MR) is 134 cm³/mol. The summed E-state index contributed by atoms with van der Waals surface area (Å²) >= 11 is 0. The van der Waals surface area contributed by atoms with Gasteiger partial charge in [0.25, 0.3) is 0 Å². The van der Waals surface area contributed by atoms with Crippen LogP contribution in [0.1, 0.15) is 89.5 Å². The van der Waals surface area contributed by atoms with E-state index in [0.717, 1.165) is 49.1 Å². The molecular weight excluding hydrogens is 475 g/mol. The van der Waals surface area contributed by atoms with E-state index in [1.165, 1.54) is 57.8 Å². The van der Waals surface area contributed by atoms with Gasteiger partial charge in [-0.2, -0.15) is 13.2 Å². The van der Waals surface area contributed by atoms with E-state index in [0.29, 0.717) is 12.0 Å². The summed E-state index contributed by atoms with van der Waals surface area (Å²) in [5, 5.41) is 0. The number of aryl methyl sites for hydroxylation is 1. The SMILES string of the molecule is CCCCC[SiH]1CCC(C2CCC(CCCCc3cc(F)c(OC(F)=C(F)F)c(F)c3)CC2)CC1. The average Bonchev–Trinajstić information content (AvgIpc) is 2.85. The Bertz CT molecular complexity index is 787. The second kappa shape index (κ2) is 14.4. The minimum atomic E-state index is -2.76. The average molecular weight is 517 g/mol. The Balaban J connectivity index is 1.32. The van der Waals surface area contributed by atoms with Gasteiger partial charge in [0.15, 0.2) is 11.6 Å². The third-order valence-corrected chi connectivity index (χ3v) is 11.9.